The number of imidazole rings is 1. The van der Waals surface area contributed by atoms with E-state index in [4.69, 9.17) is 33.5 Å². The summed E-state index contributed by atoms with van der Waals surface area (Å²) in [5.74, 6) is 0.395. The SMILES string of the molecule is Cc1ncc(CO)c(CO)c1O.Nc1ncnc2nc[nH]c12.O=S(=O)(O)O. The fraction of sp³-hybridized carbons (Fsp3) is 0.231. The Morgan fingerprint density at radius 1 is 1.11 bits per heavy atom. The topological polar surface area (TPSA) is 229 Å². The van der Waals surface area contributed by atoms with Crippen LogP contribution in [0.4, 0.5) is 5.82 Å². The molecule has 0 aromatic carbocycles. The molecule has 0 amide bonds. The number of rotatable bonds is 2. The first-order valence-electron chi connectivity index (χ1n) is 7.05. The fourth-order valence-electron chi connectivity index (χ4n) is 1.78. The van der Waals surface area contributed by atoms with Crippen LogP contribution in [0, 0.1) is 6.92 Å². The normalized spacial score (nSPS) is 10.6. The third kappa shape index (κ3) is 7.08. The van der Waals surface area contributed by atoms with Gasteiger partial charge in [-0.25, -0.2) is 15.0 Å². The van der Waals surface area contributed by atoms with Crippen LogP contribution in [-0.4, -0.2) is 57.8 Å². The fourth-order valence-corrected chi connectivity index (χ4v) is 1.78. The van der Waals surface area contributed by atoms with Crippen LogP contribution in [0.5, 0.6) is 5.75 Å². The van der Waals surface area contributed by atoms with Crippen molar-refractivity contribution in [2.24, 2.45) is 0 Å². The van der Waals surface area contributed by atoms with E-state index in [1.165, 1.54) is 18.9 Å². The first-order valence-corrected chi connectivity index (χ1v) is 8.45. The Morgan fingerprint density at radius 2 is 1.74 bits per heavy atom. The molecule has 14 heteroatoms. The van der Waals surface area contributed by atoms with Crippen LogP contribution in [0.3, 0.4) is 0 Å². The Bertz CT molecular complexity index is 984. The Balaban J connectivity index is 0.000000220. The number of fused-ring (bicyclic) bond motifs is 1. The van der Waals surface area contributed by atoms with E-state index in [1.54, 1.807) is 6.92 Å². The minimum absolute atomic E-state index is 0.0379. The van der Waals surface area contributed by atoms with Gasteiger partial charge in [0.1, 0.15) is 17.6 Å². The molecule has 0 unspecified atom stereocenters. The summed E-state index contributed by atoms with van der Waals surface area (Å²) >= 11 is 0. The van der Waals surface area contributed by atoms with Crippen molar-refractivity contribution >= 4 is 27.4 Å². The number of aliphatic hydroxyl groups is 2. The Hall–Kier alpha value is -2.91. The maximum atomic E-state index is 9.38. The number of hydrogen-bond donors (Lipinski definition) is 7. The molecule has 148 valence electrons. The van der Waals surface area contributed by atoms with Crippen LogP contribution in [0.1, 0.15) is 16.8 Å². The van der Waals surface area contributed by atoms with Crippen molar-refractivity contribution in [3.05, 3.63) is 35.7 Å². The van der Waals surface area contributed by atoms with Crippen molar-refractivity contribution in [2.75, 3.05) is 5.73 Å². The van der Waals surface area contributed by atoms with Gasteiger partial charge in [-0.1, -0.05) is 0 Å². The molecule has 0 radical (unpaired) electrons. The van der Waals surface area contributed by atoms with Crippen LogP contribution in [0.25, 0.3) is 11.2 Å². The molecule has 3 rings (SSSR count). The molecule has 0 aliphatic carbocycles. The number of aryl methyl sites for hydroxylation is 1. The van der Waals surface area contributed by atoms with Crippen molar-refractivity contribution in [1.29, 1.82) is 0 Å². The van der Waals surface area contributed by atoms with Gasteiger partial charge >= 0.3 is 10.4 Å². The first-order chi connectivity index (χ1) is 12.6. The van der Waals surface area contributed by atoms with E-state index in [9.17, 15) is 5.11 Å². The third-order valence-corrected chi connectivity index (χ3v) is 3.01. The molecule has 27 heavy (non-hydrogen) atoms. The lowest BCUT2D eigenvalue weighted by molar-refractivity contribution is 0.254. The van der Waals surface area contributed by atoms with Gasteiger partial charge in [-0.15, -0.1) is 0 Å². The molecule has 0 aliphatic heterocycles. The lowest BCUT2D eigenvalue weighted by atomic mass is 10.1. The number of aliphatic hydroxyl groups excluding tert-OH is 2. The molecule has 3 aromatic heterocycles. The van der Waals surface area contributed by atoms with E-state index in [2.05, 4.69) is 24.9 Å². The van der Waals surface area contributed by atoms with E-state index >= 15 is 0 Å². The summed E-state index contributed by atoms with van der Waals surface area (Å²) in [6.07, 6.45) is 4.37. The molecule has 8 N–H and O–H groups in total. The zero-order valence-electron chi connectivity index (χ0n) is 14.0. The molecular formula is C13H18N6O7S. The van der Waals surface area contributed by atoms with E-state index in [1.807, 2.05) is 0 Å². The predicted molar refractivity (Wildman–Crippen MR) is 92.8 cm³/mol. The van der Waals surface area contributed by atoms with Gasteiger partial charge in [0.2, 0.25) is 0 Å². The molecule has 3 heterocycles. The van der Waals surface area contributed by atoms with Gasteiger partial charge in [0.25, 0.3) is 0 Å². The molecule has 0 saturated heterocycles. The summed E-state index contributed by atoms with van der Waals surface area (Å²) in [5.41, 5.74) is 8.04. The number of H-pyrrole nitrogens is 1. The number of nitrogens with two attached hydrogens (primary N) is 1. The van der Waals surface area contributed by atoms with Gasteiger partial charge in [-0.3, -0.25) is 14.1 Å². The number of pyridine rings is 1. The third-order valence-electron chi connectivity index (χ3n) is 3.01. The van der Waals surface area contributed by atoms with E-state index in [0.717, 1.165) is 0 Å². The number of anilines is 1. The van der Waals surface area contributed by atoms with Gasteiger partial charge in [0.05, 0.1) is 25.2 Å². The summed E-state index contributed by atoms with van der Waals surface area (Å²) in [6, 6.07) is 0. The zero-order valence-corrected chi connectivity index (χ0v) is 14.8. The lowest BCUT2D eigenvalue weighted by Crippen LogP contribution is -1.98. The van der Waals surface area contributed by atoms with Gasteiger partial charge in [0, 0.05) is 17.3 Å². The highest BCUT2D eigenvalue weighted by Gasteiger charge is 2.09. The largest absolute Gasteiger partial charge is 0.506 e. The predicted octanol–water partition coefficient (Wildman–Crippen LogP) is -0.637. The number of nitrogens with zero attached hydrogens (tertiary/aromatic N) is 4. The van der Waals surface area contributed by atoms with Gasteiger partial charge in [-0.05, 0) is 6.92 Å². The highest BCUT2D eigenvalue weighted by Crippen LogP contribution is 2.23. The number of aromatic hydroxyl groups is 1. The minimum Gasteiger partial charge on any atom is -0.506 e. The van der Waals surface area contributed by atoms with Crippen LogP contribution < -0.4 is 5.73 Å². The van der Waals surface area contributed by atoms with Crippen molar-refractivity contribution in [2.45, 2.75) is 20.1 Å². The summed E-state index contributed by atoms with van der Waals surface area (Å²) in [7, 11) is -4.67. The quantitative estimate of drug-likeness (QED) is 0.265. The van der Waals surface area contributed by atoms with Crippen molar-refractivity contribution < 1.29 is 32.8 Å². The first kappa shape index (κ1) is 22.1. The summed E-state index contributed by atoms with van der Waals surface area (Å²) in [5, 5.41) is 27.0. The number of nitrogens with one attached hydrogen (secondary N) is 1. The van der Waals surface area contributed by atoms with Crippen LogP contribution >= 0.6 is 0 Å². The number of aromatic amines is 1. The number of nitrogen functional groups attached to an aromatic ring is 1. The second kappa shape index (κ2) is 9.70. The molecular weight excluding hydrogens is 384 g/mol. The molecule has 0 bridgehead atoms. The minimum atomic E-state index is -4.67. The second-order valence-corrected chi connectivity index (χ2v) is 5.72. The van der Waals surface area contributed by atoms with Gasteiger partial charge < -0.3 is 26.0 Å². The Kier molecular flexibility index (Phi) is 7.95. The van der Waals surface area contributed by atoms with Crippen molar-refractivity contribution in [3.8, 4) is 5.75 Å². The van der Waals surface area contributed by atoms with Crippen molar-refractivity contribution in [1.82, 2.24) is 24.9 Å². The molecule has 0 saturated carbocycles. The standard InChI is InChI=1S/C8H11NO3.C5H5N5.H2O4S/c1-5-8(12)7(4-11)6(3-10)2-9-5;6-4-3-5(9-1-7-3)10-2-8-4;1-5(2,3)4/h2,10-12H,3-4H2,1H3;1-2H,(H3,6,7,8,9,10);(H2,1,2,3,4). The highest BCUT2D eigenvalue weighted by atomic mass is 32.3. The highest BCUT2D eigenvalue weighted by molar-refractivity contribution is 7.79. The maximum Gasteiger partial charge on any atom is 0.394 e. The zero-order chi connectivity index (χ0) is 20.6. The Morgan fingerprint density at radius 3 is 2.26 bits per heavy atom. The Labute approximate surface area is 153 Å². The number of hydrogen-bond acceptors (Lipinski definition) is 10. The van der Waals surface area contributed by atoms with Crippen molar-refractivity contribution in [3.63, 3.8) is 0 Å². The molecule has 13 nitrogen and oxygen atoms in total. The maximum absolute atomic E-state index is 9.38. The van der Waals surface area contributed by atoms with Gasteiger partial charge in [-0.2, -0.15) is 8.42 Å². The summed E-state index contributed by atoms with van der Waals surface area (Å²) in [6.45, 7) is 1.12. The number of aromatic nitrogens is 5. The lowest BCUT2D eigenvalue weighted by Gasteiger charge is -2.07. The molecule has 3 aromatic rings. The summed E-state index contributed by atoms with van der Waals surface area (Å²) < 4.78 is 31.6. The second-order valence-electron chi connectivity index (χ2n) is 4.82. The van der Waals surface area contributed by atoms with Gasteiger partial charge in [0.15, 0.2) is 11.5 Å². The van der Waals surface area contributed by atoms with E-state index in [0.29, 0.717) is 33.8 Å². The molecule has 0 spiro atoms. The van der Waals surface area contributed by atoms with Crippen LogP contribution in [-0.2, 0) is 23.6 Å². The molecule has 0 atom stereocenters. The average Bonchev–Trinajstić information content (AvgIpc) is 3.06. The molecule has 0 fully saturated rings. The average molecular weight is 402 g/mol. The van der Waals surface area contributed by atoms with E-state index in [-0.39, 0.29) is 19.0 Å². The smallest absolute Gasteiger partial charge is 0.394 e. The monoisotopic (exact) mass is 402 g/mol. The summed E-state index contributed by atoms with van der Waals surface area (Å²) in [4.78, 5) is 18.2. The van der Waals surface area contributed by atoms with E-state index < -0.39 is 10.4 Å². The molecule has 0 aliphatic rings. The van der Waals surface area contributed by atoms with Crippen LogP contribution in [0.15, 0.2) is 18.9 Å². The van der Waals surface area contributed by atoms with Crippen LogP contribution in [0.2, 0.25) is 0 Å².